The van der Waals surface area contributed by atoms with E-state index in [2.05, 4.69) is 4.74 Å². The van der Waals surface area contributed by atoms with Gasteiger partial charge in [0.15, 0.2) is 0 Å². The van der Waals surface area contributed by atoms with Crippen LogP contribution in [0.2, 0.25) is 0 Å². The molecule has 0 N–H and O–H groups in total. The van der Waals surface area contributed by atoms with Crippen LogP contribution in [0.4, 0.5) is 4.39 Å². The number of rotatable bonds is 4. The lowest BCUT2D eigenvalue weighted by Gasteiger charge is -2.31. The summed E-state index contributed by atoms with van der Waals surface area (Å²) in [7, 11) is -2.46. The van der Waals surface area contributed by atoms with E-state index in [4.69, 9.17) is 4.74 Å². The highest BCUT2D eigenvalue weighted by atomic mass is 32.2. The van der Waals surface area contributed by atoms with Crippen molar-refractivity contribution in [2.75, 3.05) is 26.8 Å². The van der Waals surface area contributed by atoms with Crippen molar-refractivity contribution >= 4 is 16.0 Å². The number of benzene rings is 1. The van der Waals surface area contributed by atoms with Crippen molar-refractivity contribution in [1.29, 1.82) is 0 Å². The van der Waals surface area contributed by atoms with Gasteiger partial charge in [0.05, 0.1) is 31.1 Å². The Labute approximate surface area is 122 Å². The second-order valence-corrected chi connectivity index (χ2v) is 6.53. The van der Waals surface area contributed by atoms with Crippen molar-refractivity contribution in [3.63, 3.8) is 0 Å². The van der Waals surface area contributed by atoms with Gasteiger partial charge in [0, 0.05) is 13.1 Å². The van der Waals surface area contributed by atoms with Crippen LogP contribution in [-0.2, 0) is 24.3 Å². The van der Waals surface area contributed by atoms with Crippen LogP contribution >= 0.6 is 0 Å². The van der Waals surface area contributed by atoms with E-state index < -0.39 is 27.9 Å². The number of carbonyl (C=O) groups is 1. The van der Waals surface area contributed by atoms with Crippen molar-refractivity contribution in [1.82, 2.24) is 4.31 Å². The van der Waals surface area contributed by atoms with Crippen LogP contribution in [0.5, 0.6) is 0 Å². The van der Waals surface area contributed by atoms with E-state index in [9.17, 15) is 17.6 Å². The molecule has 116 valence electrons. The minimum atomic E-state index is -3.72. The van der Waals surface area contributed by atoms with E-state index in [1.54, 1.807) is 0 Å². The molecule has 0 aliphatic carbocycles. The lowest BCUT2D eigenvalue weighted by atomic mass is 10.2. The second-order valence-electron chi connectivity index (χ2n) is 4.59. The second kappa shape index (κ2) is 6.50. The maximum atomic E-state index is 12.9. The highest BCUT2D eigenvalue weighted by molar-refractivity contribution is 7.89. The molecule has 0 amide bonds. The average molecular weight is 317 g/mol. The first kappa shape index (κ1) is 15.9. The first-order chi connectivity index (χ1) is 9.93. The number of sulfonamides is 1. The van der Waals surface area contributed by atoms with Crippen LogP contribution in [0.15, 0.2) is 29.2 Å². The molecule has 1 atom stereocenters. The van der Waals surface area contributed by atoms with Gasteiger partial charge in [-0.2, -0.15) is 4.31 Å². The molecule has 0 spiro atoms. The van der Waals surface area contributed by atoms with Gasteiger partial charge < -0.3 is 9.47 Å². The molecule has 0 radical (unpaired) electrons. The summed E-state index contributed by atoms with van der Waals surface area (Å²) in [6, 6.07) is 4.63. The summed E-state index contributed by atoms with van der Waals surface area (Å²) in [5, 5.41) is 0. The number of carbonyl (C=O) groups excluding carboxylic acids is 1. The third-order valence-electron chi connectivity index (χ3n) is 3.17. The molecular weight excluding hydrogens is 301 g/mol. The summed E-state index contributed by atoms with van der Waals surface area (Å²) in [5.41, 5.74) is 0. The molecule has 1 aromatic rings. The van der Waals surface area contributed by atoms with Gasteiger partial charge in [-0.15, -0.1) is 0 Å². The third kappa shape index (κ3) is 3.78. The number of ether oxygens (including phenoxy) is 2. The molecule has 0 aromatic heterocycles. The van der Waals surface area contributed by atoms with Gasteiger partial charge >= 0.3 is 5.97 Å². The molecule has 1 unspecified atom stereocenters. The smallest absolute Gasteiger partial charge is 0.308 e. The highest BCUT2D eigenvalue weighted by Crippen LogP contribution is 2.20. The Morgan fingerprint density at radius 1 is 1.43 bits per heavy atom. The topological polar surface area (TPSA) is 72.9 Å². The molecule has 1 aliphatic rings. The van der Waals surface area contributed by atoms with Crippen molar-refractivity contribution in [3.8, 4) is 0 Å². The predicted octanol–water partition coefficient (Wildman–Crippen LogP) is 0.778. The fourth-order valence-corrected chi connectivity index (χ4v) is 3.51. The molecule has 21 heavy (non-hydrogen) atoms. The summed E-state index contributed by atoms with van der Waals surface area (Å²) in [4.78, 5) is 11.2. The maximum absolute atomic E-state index is 12.9. The number of esters is 1. The summed E-state index contributed by atoms with van der Waals surface area (Å²) >= 11 is 0. The molecular formula is C13H16FNO5S. The van der Waals surface area contributed by atoms with E-state index in [1.165, 1.54) is 23.5 Å². The van der Waals surface area contributed by atoms with E-state index in [-0.39, 0.29) is 31.0 Å². The zero-order chi connectivity index (χ0) is 15.5. The minimum absolute atomic E-state index is 0.00800. The Morgan fingerprint density at radius 2 is 2.10 bits per heavy atom. The predicted molar refractivity (Wildman–Crippen MR) is 71.5 cm³/mol. The Morgan fingerprint density at radius 3 is 2.71 bits per heavy atom. The number of methoxy groups -OCH3 is 1. The van der Waals surface area contributed by atoms with E-state index in [1.807, 2.05) is 0 Å². The Hall–Kier alpha value is -1.51. The van der Waals surface area contributed by atoms with Crippen molar-refractivity contribution in [2.45, 2.75) is 17.4 Å². The lowest BCUT2D eigenvalue weighted by Crippen LogP contribution is -2.46. The highest BCUT2D eigenvalue weighted by Gasteiger charge is 2.31. The van der Waals surface area contributed by atoms with Crippen LogP contribution in [0.1, 0.15) is 6.42 Å². The Bertz CT molecular complexity index is 601. The van der Waals surface area contributed by atoms with Crippen molar-refractivity contribution < 1.29 is 27.1 Å². The Kier molecular flexibility index (Phi) is 4.92. The average Bonchev–Trinajstić information content (AvgIpc) is 2.48. The molecule has 1 aromatic carbocycles. The van der Waals surface area contributed by atoms with Crippen LogP contribution < -0.4 is 0 Å². The SMILES string of the molecule is COC(=O)CC1CN(S(=O)(=O)c2ccc(F)cc2)CCO1. The summed E-state index contributed by atoms with van der Waals surface area (Å²) in [5.74, 6) is -0.958. The van der Waals surface area contributed by atoms with Gasteiger partial charge in [0.2, 0.25) is 10.0 Å². The number of hydrogen-bond donors (Lipinski definition) is 0. The fraction of sp³-hybridized carbons (Fsp3) is 0.462. The molecule has 2 rings (SSSR count). The van der Waals surface area contributed by atoms with Gasteiger partial charge in [-0.05, 0) is 24.3 Å². The van der Waals surface area contributed by atoms with Crippen LogP contribution in [0.25, 0.3) is 0 Å². The van der Waals surface area contributed by atoms with Gasteiger partial charge in [0.1, 0.15) is 5.82 Å². The normalized spacial score (nSPS) is 20.2. The molecule has 1 fully saturated rings. The third-order valence-corrected chi connectivity index (χ3v) is 5.05. The molecule has 0 bridgehead atoms. The van der Waals surface area contributed by atoms with Crippen LogP contribution in [0.3, 0.4) is 0 Å². The molecule has 1 saturated heterocycles. The van der Waals surface area contributed by atoms with Gasteiger partial charge in [-0.3, -0.25) is 4.79 Å². The van der Waals surface area contributed by atoms with Crippen LogP contribution in [0, 0.1) is 5.82 Å². The first-order valence-corrected chi connectivity index (χ1v) is 7.81. The molecule has 8 heteroatoms. The van der Waals surface area contributed by atoms with Crippen molar-refractivity contribution in [2.24, 2.45) is 0 Å². The Balaban J connectivity index is 2.12. The zero-order valence-electron chi connectivity index (χ0n) is 11.5. The summed E-state index contributed by atoms with van der Waals surface area (Å²) in [6.45, 7) is 0.453. The summed E-state index contributed by atoms with van der Waals surface area (Å²) in [6.07, 6.45) is -0.548. The van der Waals surface area contributed by atoms with Crippen LogP contribution in [-0.4, -0.2) is 51.6 Å². The summed E-state index contributed by atoms with van der Waals surface area (Å²) < 4.78 is 48.9. The monoisotopic (exact) mass is 317 g/mol. The largest absolute Gasteiger partial charge is 0.469 e. The zero-order valence-corrected chi connectivity index (χ0v) is 12.3. The van der Waals surface area contributed by atoms with Crippen molar-refractivity contribution in [3.05, 3.63) is 30.1 Å². The number of hydrogen-bond acceptors (Lipinski definition) is 5. The molecule has 1 aliphatic heterocycles. The van der Waals surface area contributed by atoms with Gasteiger partial charge in [0.25, 0.3) is 0 Å². The van der Waals surface area contributed by atoms with E-state index >= 15 is 0 Å². The van der Waals surface area contributed by atoms with Gasteiger partial charge in [-0.1, -0.05) is 0 Å². The lowest BCUT2D eigenvalue weighted by molar-refractivity contribution is -0.145. The quantitative estimate of drug-likeness (QED) is 0.767. The maximum Gasteiger partial charge on any atom is 0.308 e. The van der Waals surface area contributed by atoms with Gasteiger partial charge in [-0.25, -0.2) is 12.8 Å². The van der Waals surface area contributed by atoms with E-state index in [0.29, 0.717) is 0 Å². The number of morpholine rings is 1. The number of nitrogens with zero attached hydrogens (tertiary/aromatic N) is 1. The standard InChI is InChI=1S/C13H16FNO5S/c1-19-13(16)8-11-9-15(6-7-20-11)21(17,18)12-4-2-10(14)3-5-12/h2-5,11H,6-9H2,1H3. The molecule has 1 heterocycles. The first-order valence-electron chi connectivity index (χ1n) is 6.37. The molecule has 6 nitrogen and oxygen atoms in total. The van der Waals surface area contributed by atoms with E-state index in [0.717, 1.165) is 12.1 Å². The number of halogens is 1. The fourth-order valence-electron chi connectivity index (χ4n) is 2.06. The minimum Gasteiger partial charge on any atom is -0.469 e. The molecule has 0 saturated carbocycles.